The number of anilines is 2. The summed E-state index contributed by atoms with van der Waals surface area (Å²) in [4.78, 5) is 20.8. The van der Waals surface area contributed by atoms with Crippen LogP contribution in [-0.4, -0.2) is 55.6 Å². The van der Waals surface area contributed by atoms with Crippen LogP contribution < -0.4 is 10.6 Å². The molecule has 4 aromatic rings. The average Bonchev–Trinajstić information content (AvgIpc) is 3.62. The number of aromatic nitrogens is 5. The minimum absolute atomic E-state index is 0.404. The number of aryl methyl sites for hydroxylation is 1. The van der Waals surface area contributed by atoms with Crippen LogP contribution in [0.5, 0.6) is 0 Å². The van der Waals surface area contributed by atoms with Crippen LogP contribution in [0, 0.1) is 6.92 Å². The van der Waals surface area contributed by atoms with Crippen molar-refractivity contribution in [3.63, 3.8) is 0 Å². The van der Waals surface area contributed by atoms with E-state index in [1.807, 2.05) is 18.5 Å². The molecule has 2 aliphatic rings. The lowest BCUT2D eigenvalue weighted by molar-refractivity contribution is 0.233. The normalized spacial score (nSPS) is 17.6. The molecule has 1 saturated heterocycles. The Balaban J connectivity index is 1.29. The summed E-state index contributed by atoms with van der Waals surface area (Å²) in [6.07, 6.45) is 11.9. The lowest BCUT2D eigenvalue weighted by Gasteiger charge is -2.27. The summed E-state index contributed by atoms with van der Waals surface area (Å²) in [6.45, 7) is 7.28. The van der Waals surface area contributed by atoms with Crippen molar-refractivity contribution in [2.24, 2.45) is 0 Å². The number of hydrogen-bond acceptors (Lipinski definition) is 8. The monoisotopic (exact) mass is 458 g/mol. The molecule has 1 aliphatic heterocycles. The Hall–Kier alpha value is -3.30. The van der Waals surface area contributed by atoms with Crippen molar-refractivity contribution in [1.29, 1.82) is 0 Å². The Morgan fingerprint density at radius 3 is 2.68 bits per heavy atom. The van der Waals surface area contributed by atoms with E-state index in [4.69, 9.17) is 9.40 Å². The molecule has 0 bridgehead atoms. The summed E-state index contributed by atoms with van der Waals surface area (Å²) in [5.41, 5.74) is 4.33. The fourth-order valence-corrected chi connectivity index (χ4v) is 5.28. The second-order valence-electron chi connectivity index (χ2n) is 9.28. The predicted octanol–water partition coefficient (Wildman–Crippen LogP) is 4.05. The van der Waals surface area contributed by atoms with Crippen molar-refractivity contribution in [3.05, 3.63) is 48.2 Å². The average molecular weight is 459 g/mol. The highest BCUT2D eigenvalue weighted by Crippen LogP contribution is 2.40. The van der Waals surface area contributed by atoms with Gasteiger partial charge in [0.05, 0.1) is 11.9 Å². The summed E-state index contributed by atoms with van der Waals surface area (Å²) >= 11 is 0. The Morgan fingerprint density at radius 1 is 1.09 bits per heavy atom. The van der Waals surface area contributed by atoms with Crippen LogP contribution in [0.25, 0.3) is 22.5 Å². The maximum Gasteiger partial charge on any atom is 0.230 e. The van der Waals surface area contributed by atoms with Gasteiger partial charge in [0.15, 0.2) is 12.2 Å². The topological polar surface area (TPSA) is 96.9 Å². The first-order chi connectivity index (χ1) is 16.8. The number of oxazole rings is 1. The molecule has 0 radical (unpaired) electrons. The number of rotatable bonds is 6. The molecule has 2 fully saturated rings. The van der Waals surface area contributed by atoms with Gasteiger partial charge in [0.25, 0.3) is 0 Å². The molecule has 176 valence electrons. The van der Waals surface area contributed by atoms with Crippen molar-refractivity contribution in [1.82, 2.24) is 34.7 Å². The maximum atomic E-state index is 5.71. The van der Waals surface area contributed by atoms with E-state index in [1.54, 1.807) is 6.20 Å². The van der Waals surface area contributed by atoms with Crippen molar-refractivity contribution in [3.8, 4) is 11.5 Å². The molecule has 1 saturated carbocycles. The Labute approximate surface area is 198 Å². The molecule has 34 heavy (non-hydrogen) atoms. The van der Waals surface area contributed by atoms with E-state index in [0.29, 0.717) is 12.0 Å². The summed E-state index contributed by atoms with van der Waals surface area (Å²) in [6, 6.07) is 4.54. The van der Waals surface area contributed by atoms with Gasteiger partial charge in [0, 0.05) is 56.5 Å². The number of piperazine rings is 1. The smallest absolute Gasteiger partial charge is 0.230 e. The summed E-state index contributed by atoms with van der Waals surface area (Å²) < 4.78 is 8.05. The fourth-order valence-electron chi connectivity index (χ4n) is 5.28. The molecule has 1 aliphatic carbocycles. The Morgan fingerprint density at radius 2 is 1.94 bits per heavy atom. The van der Waals surface area contributed by atoms with Gasteiger partial charge in [0.1, 0.15) is 11.5 Å². The summed E-state index contributed by atoms with van der Waals surface area (Å²) in [5, 5.41) is 7.74. The summed E-state index contributed by atoms with van der Waals surface area (Å²) in [5.74, 6) is 2.07. The van der Waals surface area contributed by atoms with Crippen LogP contribution in [0.15, 0.2) is 41.5 Å². The molecule has 0 unspecified atom stereocenters. The lowest BCUT2D eigenvalue weighted by atomic mass is 10.2. The molecule has 0 atom stereocenters. The van der Waals surface area contributed by atoms with E-state index >= 15 is 0 Å². The first kappa shape index (κ1) is 21.2. The largest absolute Gasteiger partial charge is 0.442 e. The molecule has 4 aromatic heterocycles. The molecular formula is C25H30N8O. The van der Waals surface area contributed by atoms with Gasteiger partial charge in [-0.3, -0.25) is 4.90 Å². The van der Waals surface area contributed by atoms with Gasteiger partial charge in [0.2, 0.25) is 5.95 Å². The second-order valence-corrected chi connectivity index (χ2v) is 9.28. The molecule has 9 nitrogen and oxygen atoms in total. The third kappa shape index (κ3) is 4.05. The number of nitrogens with zero attached hydrogens (tertiary/aromatic N) is 6. The van der Waals surface area contributed by atoms with Crippen molar-refractivity contribution < 1.29 is 4.42 Å². The van der Waals surface area contributed by atoms with E-state index in [9.17, 15) is 0 Å². The number of pyridine rings is 1. The second kappa shape index (κ2) is 9.15. The van der Waals surface area contributed by atoms with Crippen LogP contribution >= 0.6 is 0 Å². The third-order valence-electron chi connectivity index (χ3n) is 7.03. The zero-order chi connectivity index (χ0) is 22.9. The van der Waals surface area contributed by atoms with Gasteiger partial charge < -0.3 is 19.6 Å². The highest BCUT2D eigenvalue weighted by molar-refractivity contribution is 5.88. The van der Waals surface area contributed by atoms with E-state index in [2.05, 4.69) is 48.0 Å². The molecule has 0 spiro atoms. The zero-order valence-electron chi connectivity index (χ0n) is 19.5. The van der Waals surface area contributed by atoms with E-state index < -0.39 is 0 Å². The highest BCUT2D eigenvalue weighted by Gasteiger charge is 2.27. The molecule has 9 heteroatoms. The van der Waals surface area contributed by atoms with E-state index in [-0.39, 0.29) is 0 Å². The lowest BCUT2D eigenvalue weighted by Crippen LogP contribution is -2.42. The molecule has 5 heterocycles. The van der Waals surface area contributed by atoms with Crippen LogP contribution in [0.3, 0.4) is 0 Å². The highest BCUT2D eigenvalue weighted by atomic mass is 16.3. The van der Waals surface area contributed by atoms with Gasteiger partial charge >= 0.3 is 0 Å². The number of fused-ring (bicyclic) bond motifs is 1. The van der Waals surface area contributed by atoms with E-state index in [1.165, 1.54) is 24.8 Å². The standard InChI is InChI=1S/C25H30N8O/c1-17-20-13-29-25(30-22-7-6-18(12-28-22)15-32-10-8-26-9-11-32)31-24(20)33(19-4-2-3-5-19)23(17)21-14-27-16-34-21/h6-7,12-14,16,19,26H,2-5,8-11,15H2,1H3,(H,28,29,30,31). The predicted molar refractivity (Wildman–Crippen MR) is 131 cm³/mol. The van der Waals surface area contributed by atoms with Gasteiger partial charge in [-0.2, -0.15) is 4.98 Å². The minimum Gasteiger partial charge on any atom is -0.442 e. The van der Waals surface area contributed by atoms with Crippen LogP contribution in [-0.2, 0) is 6.54 Å². The van der Waals surface area contributed by atoms with Crippen molar-refractivity contribution in [2.75, 3.05) is 31.5 Å². The summed E-state index contributed by atoms with van der Waals surface area (Å²) in [7, 11) is 0. The first-order valence-electron chi connectivity index (χ1n) is 12.2. The first-order valence-corrected chi connectivity index (χ1v) is 12.2. The molecule has 6 rings (SSSR count). The quantitative estimate of drug-likeness (QED) is 0.447. The van der Waals surface area contributed by atoms with Crippen LogP contribution in [0.1, 0.15) is 42.9 Å². The third-order valence-corrected chi connectivity index (χ3v) is 7.03. The van der Waals surface area contributed by atoms with Crippen molar-refractivity contribution in [2.45, 2.75) is 45.2 Å². The van der Waals surface area contributed by atoms with Gasteiger partial charge in [-0.15, -0.1) is 0 Å². The maximum absolute atomic E-state index is 5.71. The SMILES string of the molecule is Cc1c(-c2cnco2)n(C2CCCC2)c2nc(Nc3ccc(CN4CCNCC4)cn3)ncc12. The van der Waals surface area contributed by atoms with Crippen molar-refractivity contribution >= 4 is 22.8 Å². The van der Waals surface area contributed by atoms with Gasteiger partial charge in [-0.05, 0) is 37.0 Å². The minimum atomic E-state index is 0.404. The van der Waals surface area contributed by atoms with Gasteiger partial charge in [-0.25, -0.2) is 15.0 Å². The van der Waals surface area contributed by atoms with Crippen LogP contribution in [0.4, 0.5) is 11.8 Å². The number of nitrogens with one attached hydrogen (secondary N) is 2. The fraction of sp³-hybridized carbons (Fsp3) is 0.440. The molecular weight excluding hydrogens is 428 g/mol. The number of hydrogen-bond donors (Lipinski definition) is 2. The van der Waals surface area contributed by atoms with Gasteiger partial charge in [-0.1, -0.05) is 18.9 Å². The Bertz CT molecular complexity index is 1250. The zero-order valence-corrected chi connectivity index (χ0v) is 19.5. The molecule has 0 aromatic carbocycles. The molecule has 0 amide bonds. The Kier molecular flexibility index (Phi) is 5.72. The molecule has 2 N–H and O–H groups in total. The van der Waals surface area contributed by atoms with E-state index in [0.717, 1.165) is 79.4 Å². The van der Waals surface area contributed by atoms with Crippen LogP contribution in [0.2, 0.25) is 0 Å².